The molecule has 1 N–H and O–H groups in total. The Labute approximate surface area is 105 Å². The number of likely N-dealkylation sites (tertiary alicyclic amines) is 1. The third kappa shape index (κ3) is 3.16. The van der Waals surface area contributed by atoms with E-state index in [1.54, 1.807) is 0 Å². The van der Waals surface area contributed by atoms with E-state index in [2.05, 4.69) is 5.32 Å². The molecule has 3 nitrogen and oxygen atoms in total. The minimum Gasteiger partial charge on any atom is -0.342 e. The SMILES string of the molecule is O=C([C@@H]1CCCNC1)N1CCCC(C(F)(F)F)C1. The lowest BCUT2D eigenvalue weighted by Gasteiger charge is -2.36. The molecule has 0 radical (unpaired) electrons. The van der Waals surface area contributed by atoms with Crippen LogP contribution < -0.4 is 5.32 Å². The van der Waals surface area contributed by atoms with Gasteiger partial charge < -0.3 is 10.2 Å². The van der Waals surface area contributed by atoms with Crippen LogP contribution in [0.3, 0.4) is 0 Å². The topological polar surface area (TPSA) is 32.3 Å². The number of hydrogen-bond donors (Lipinski definition) is 1. The van der Waals surface area contributed by atoms with Gasteiger partial charge in [-0.2, -0.15) is 13.2 Å². The van der Waals surface area contributed by atoms with Crippen molar-refractivity contribution >= 4 is 5.91 Å². The molecule has 0 spiro atoms. The number of nitrogens with one attached hydrogen (secondary N) is 1. The van der Waals surface area contributed by atoms with E-state index in [-0.39, 0.29) is 24.8 Å². The van der Waals surface area contributed by atoms with Crippen LogP contribution in [-0.2, 0) is 4.79 Å². The molecule has 6 heteroatoms. The maximum atomic E-state index is 12.7. The van der Waals surface area contributed by atoms with E-state index in [0.29, 0.717) is 19.5 Å². The van der Waals surface area contributed by atoms with Crippen LogP contribution in [0.1, 0.15) is 25.7 Å². The largest absolute Gasteiger partial charge is 0.393 e. The second kappa shape index (κ2) is 5.47. The maximum Gasteiger partial charge on any atom is 0.393 e. The van der Waals surface area contributed by atoms with E-state index in [1.807, 2.05) is 0 Å². The second-order valence-corrected chi connectivity index (χ2v) is 5.21. The van der Waals surface area contributed by atoms with Crippen LogP contribution in [0.4, 0.5) is 13.2 Å². The molecule has 1 amide bonds. The van der Waals surface area contributed by atoms with Crippen LogP contribution in [-0.4, -0.2) is 43.2 Å². The normalized spacial score (nSPS) is 30.3. The summed E-state index contributed by atoms with van der Waals surface area (Å²) in [6.07, 6.45) is -1.86. The predicted octanol–water partition coefficient (Wildman–Crippen LogP) is 1.79. The predicted molar refractivity (Wildman–Crippen MR) is 61.0 cm³/mol. The first-order valence-corrected chi connectivity index (χ1v) is 6.54. The molecule has 2 saturated heterocycles. The number of carbonyl (C=O) groups is 1. The zero-order chi connectivity index (χ0) is 13.2. The summed E-state index contributed by atoms with van der Waals surface area (Å²) in [6, 6.07) is 0. The van der Waals surface area contributed by atoms with Gasteiger partial charge in [-0.3, -0.25) is 4.79 Å². The van der Waals surface area contributed by atoms with E-state index in [1.165, 1.54) is 4.90 Å². The summed E-state index contributed by atoms with van der Waals surface area (Å²) in [7, 11) is 0. The molecule has 0 aromatic heterocycles. The maximum absolute atomic E-state index is 12.7. The van der Waals surface area contributed by atoms with Crippen molar-refractivity contribution in [3.05, 3.63) is 0 Å². The number of alkyl halides is 3. The van der Waals surface area contributed by atoms with Crippen LogP contribution >= 0.6 is 0 Å². The van der Waals surface area contributed by atoms with Gasteiger partial charge in [0.1, 0.15) is 0 Å². The summed E-state index contributed by atoms with van der Waals surface area (Å²) in [5.74, 6) is -1.58. The molecule has 0 bridgehead atoms. The molecule has 2 aliphatic rings. The van der Waals surface area contributed by atoms with Gasteiger partial charge in [-0.05, 0) is 32.2 Å². The average molecular weight is 264 g/mol. The number of amides is 1. The number of hydrogen-bond acceptors (Lipinski definition) is 2. The Hall–Kier alpha value is -0.780. The lowest BCUT2D eigenvalue weighted by Crippen LogP contribution is -2.49. The molecule has 2 rings (SSSR count). The van der Waals surface area contributed by atoms with Gasteiger partial charge in [-0.25, -0.2) is 0 Å². The fraction of sp³-hybridized carbons (Fsp3) is 0.917. The molecular formula is C12H19F3N2O. The molecule has 0 aromatic rings. The first-order chi connectivity index (χ1) is 8.48. The van der Waals surface area contributed by atoms with Crippen LogP contribution in [0.2, 0.25) is 0 Å². The molecule has 104 valence electrons. The first kappa shape index (κ1) is 13.6. The van der Waals surface area contributed by atoms with Crippen LogP contribution in [0, 0.1) is 11.8 Å². The Morgan fingerprint density at radius 1 is 1.22 bits per heavy atom. The fourth-order valence-corrected chi connectivity index (χ4v) is 2.77. The van der Waals surface area contributed by atoms with E-state index in [4.69, 9.17) is 0 Å². The van der Waals surface area contributed by atoms with E-state index >= 15 is 0 Å². The van der Waals surface area contributed by atoms with Gasteiger partial charge in [-0.1, -0.05) is 0 Å². The fourth-order valence-electron chi connectivity index (χ4n) is 2.77. The van der Waals surface area contributed by atoms with Gasteiger partial charge in [0.05, 0.1) is 11.8 Å². The Balaban J connectivity index is 1.93. The zero-order valence-electron chi connectivity index (χ0n) is 10.3. The van der Waals surface area contributed by atoms with Gasteiger partial charge in [0, 0.05) is 19.6 Å². The highest BCUT2D eigenvalue weighted by atomic mass is 19.4. The lowest BCUT2D eigenvalue weighted by molar-refractivity contribution is -0.188. The summed E-state index contributed by atoms with van der Waals surface area (Å²) in [5, 5.41) is 3.13. The van der Waals surface area contributed by atoms with Crippen molar-refractivity contribution in [1.82, 2.24) is 10.2 Å². The zero-order valence-corrected chi connectivity index (χ0v) is 10.3. The molecule has 0 saturated carbocycles. The van der Waals surface area contributed by atoms with Gasteiger partial charge in [0.15, 0.2) is 0 Å². The number of piperidine rings is 2. The van der Waals surface area contributed by atoms with Gasteiger partial charge in [0.2, 0.25) is 5.91 Å². The third-order valence-electron chi connectivity index (χ3n) is 3.84. The average Bonchev–Trinajstić information content (AvgIpc) is 2.38. The number of rotatable bonds is 1. The van der Waals surface area contributed by atoms with Crippen LogP contribution in [0.25, 0.3) is 0 Å². The summed E-state index contributed by atoms with van der Waals surface area (Å²) in [4.78, 5) is 13.6. The highest BCUT2D eigenvalue weighted by molar-refractivity contribution is 5.79. The van der Waals surface area contributed by atoms with Crippen LogP contribution in [0.5, 0.6) is 0 Å². The summed E-state index contributed by atoms with van der Waals surface area (Å²) >= 11 is 0. The van der Waals surface area contributed by atoms with Crippen molar-refractivity contribution in [1.29, 1.82) is 0 Å². The van der Waals surface area contributed by atoms with E-state index in [9.17, 15) is 18.0 Å². The summed E-state index contributed by atoms with van der Waals surface area (Å²) in [5.41, 5.74) is 0. The highest BCUT2D eigenvalue weighted by Crippen LogP contribution is 2.33. The smallest absolute Gasteiger partial charge is 0.342 e. The van der Waals surface area contributed by atoms with Crippen LogP contribution in [0.15, 0.2) is 0 Å². The molecule has 2 aliphatic heterocycles. The Morgan fingerprint density at radius 2 is 2.00 bits per heavy atom. The minimum absolute atomic E-state index is 0.101. The summed E-state index contributed by atoms with van der Waals surface area (Å²) in [6.45, 7) is 1.82. The highest BCUT2D eigenvalue weighted by Gasteiger charge is 2.43. The molecule has 0 aliphatic carbocycles. The van der Waals surface area contributed by atoms with Gasteiger partial charge in [0.25, 0.3) is 0 Å². The lowest BCUT2D eigenvalue weighted by atomic mass is 9.93. The molecule has 2 heterocycles. The van der Waals surface area contributed by atoms with E-state index in [0.717, 1.165) is 19.4 Å². The first-order valence-electron chi connectivity index (χ1n) is 6.54. The molecule has 2 fully saturated rings. The van der Waals surface area contributed by atoms with Crippen molar-refractivity contribution in [2.24, 2.45) is 11.8 Å². The Kier molecular flexibility index (Phi) is 4.14. The summed E-state index contributed by atoms with van der Waals surface area (Å²) < 4.78 is 38.0. The monoisotopic (exact) mass is 264 g/mol. The van der Waals surface area contributed by atoms with Gasteiger partial charge >= 0.3 is 6.18 Å². The Bertz CT molecular complexity index is 300. The van der Waals surface area contributed by atoms with Crippen molar-refractivity contribution in [3.63, 3.8) is 0 Å². The van der Waals surface area contributed by atoms with Crippen molar-refractivity contribution in [2.75, 3.05) is 26.2 Å². The Morgan fingerprint density at radius 3 is 2.61 bits per heavy atom. The van der Waals surface area contributed by atoms with E-state index < -0.39 is 12.1 Å². The van der Waals surface area contributed by atoms with Crippen molar-refractivity contribution < 1.29 is 18.0 Å². The molecular weight excluding hydrogens is 245 g/mol. The number of halogens is 3. The standard InChI is InChI=1S/C12H19F3N2O/c13-12(14,15)10-4-2-6-17(8-10)11(18)9-3-1-5-16-7-9/h9-10,16H,1-8H2/t9-,10?/m1/s1. The number of carbonyl (C=O) groups excluding carboxylic acids is 1. The quantitative estimate of drug-likeness (QED) is 0.783. The number of nitrogens with zero attached hydrogens (tertiary/aromatic N) is 1. The molecule has 2 atom stereocenters. The minimum atomic E-state index is -4.18. The van der Waals surface area contributed by atoms with Crippen molar-refractivity contribution in [3.8, 4) is 0 Å². The molecule has 18 heavy (non-hydrogen) atoms. The molecule has 0 aromatic carbocycles. The van der Waals surface area contributed by atoms with Crippen molar-refractivity contribution in [2.45, 2.75) is 31.9 Å². The van der Waals surface area contributed by atoms with Gasteiger partial charge in [-0.15, -0.1) is 0 Å². The third-order valence-corrected chi connectivity index (χ3v) is 3.84. The second-order valence-electron chi connectivity index (χ2n) is 5.21. The molecule has 1 unspecified atom stereocenters.